The molecule has 1 N–H and O–H groups in total. The lowest BCUT2D eigenvalue weighted by Gasteiger charge is -2.33. The highest BCUT2D eigenvalue weighted by atomic mass is 35.5. The Labute approximate surface area is 247 Å². The van der Waals surface area contributed by atoms with Crippen LogP contribution >= 0.6 is 23.2 Å². The largest absolute Gasteiger partial charge is 0.350 e. The van der Waals surface area contributed by atoms with Crippen LogP contribution in [0.4, 0.5) is 5.69 Å². The van der Waals surface area contributed by atoms with Crippen LogP contribution in [0.1, 0.15) is 44.4 Å². The minimum Gasteiger partial charge on any atom is -0.350 e. The topological polar surface area (TPSA) is 86.8 Å². The molecule has 7 nitrogen and oxygen atoms in total. The number of hydrogen-bond donors (Lipinski definition) is 1. The molecule has 214 valence electrons. The van der Waals surface area contributed by atoms with Crippen molar-refractivity contribution in [2.75, 3.05) is 10.8 Å². The summed E-state index contributed by atoms with van der Waals surface area (Å²) in [4.78, 5) is 28.6. The molecule has 2 amide bonds. The first kappa shape index (κ1) is 31.5. The Hall–Kier alpha value is -3.07. The summed E-state index contributed by atoms with van der Waals surface area (Å²) in [6.45, 7) is 10.3. The van der Waals surface area contributed by atoms with Crippen LogP contribution in [0, 0.1) is 13.8 Å². The smallest absolute Gasteiger partial charge is 0.264 e. The van der Waals surface area contributed by atoms with Crippen LogP contribution in [-0.4, -0.2) is 43.3 Å². The lowest BCUT2D eigenvalue weighted by molar-refractivity contribution is -0.140. The van der Waals surface area contributed by atoms with Gasteiger partial charge in [-0.3, -0.25) is 13.9 Å². The molecule has 0 saturated carbocycles. The van der Waals surface area contributed by atoms with Gasteiger partial charge in [-0.1, -0.05) is 64.7 Å². The number of anilines is 1. The summed E-state index contributed by atoms with van der Waals surface area (Å²) < 4.78 is 28.8. The average molecular weight is 605 g/mol. The van der Waals surface area contributed by atoms with Crippen molar-refractivity contribution in [2.45, 2.75) is 64.6 Å². The number of sulfonamides is 1. The number of nitrogens with one attached hydrogen (secondary N) is 1. The van der Waals surface area contributed by atoms with Gasteiger partial charge >= 0.3 is 0 Å². The zero-order valence-corrected chi connectivity index (χ0v) is 25.9. The molecule has 0 bridgehead atoms. The fraction of sp³-hybridized carbons (Fsp3) is 0.333. The van der Waals surface area contributed by atoms with Gasteiger partial charge in [0.15, 0.2) is 0 Å². The number of amides is 2. The van der Waals surface area contributed by atoms with E-state index in [9.17, 15) is 18.0 Å². The summed E-state index contributed by atoms with van der Waals surface area (Å²) in [7, 11) is -4.13. The van der Waals surface area contributed by atoms with Gasteiger partial charge in [0.05, 0.1) is 10.6 Å². The fourth-order valence-corrected chi connectivity index (χ4v) is 5.85. The van der Waals surface area contributed by atoms with Gasteiger partial charge in [0.2, 0.25) is 11.8 Å². The number of rotatable bonds is 9. The van der Waals surface area contributed by atoms with E-state index >= 15 is 0 Å². The summed E-state index contributed by atoms with van der Waals surface area (Å²) >= 11 is 12.5. The third-order valence-electron chi connectivity index (χ3n) is 6.23. The molecule has 0 fully saturated rings. The van der Waals surface area contributed by atoms with E-state index in [-0.39, 0.29) is 17.3 Å². The zero-order chi connectivity index (χ0) is 29.8. The number of aryl methyl sites for hydroxylation is 2. The van der Waals surface area contributed by atoms with E-state index in [0.29, 0.717) is 21.3 Å². The molecule has 0 aliphatic rings. The van der Waals surface area contributed by atoms with Gasteiger partial charge in [-0.2, -0.15) is 0 Å². The van der Waals surface area contributed by atoms with E-state index in [1.807, 2.05) is 34.6 Å². The molecule has 0 aliphatic carbocycles. The highest BCUT2D eigenvalue weighted by Crippen LogP contribution is 2.27. The number of carbonyl (C=O) groups excluding carboxylic acids is 2. The second-order valence-corrected chi connectivity index (χ2v) is 13.5. The van der Waals surface area contributed by atoms with Crippen molar-refractivity contribution in [3.05, 3.63) is 93.5 Å². The molecule has 0 heterocycles. The quantitative estimate of drug-likeness (QED) is 0.318. The summed E-state index contributed by atoms with van der Waals surface area (Å²) in [6, 6.07) is 17.3. The van der Waals surface area contributed by atoms with Gasteiger partial charge in [0.1, 0.15) is 12.6 Å². The van der Waals surface area contributed by atoms with Crippen LogP contribution in [-0.2, 0) is 26.2 Å². The van der Waals surface area contributed by atoms with Crippen molar-refractivity contribution >= 4 is 50.7 Å². The summed E-state index contributed by atoms with van der Waals surface area (Å²) in [5.41, 5.74) is 2.20. The van der Waals surface area contributed by atoms with Crippen LogP contribution in [0.25, 0.3) is 0 Å². The van der Waals surface area contributed by atoms with E-state index < -0.39 is 34.1 Å². The first-order valence-corrected chi connectivity index (χ1v) is 15.0. The molecule has 0 aromatic heterocycles. The van der Waals surface area contributed by atoms with E-state index in [0.717, 1.165) is 15.4 Å². The molecular weight excluding hydrogens is 569 g/mol. The van der Waals surface area contributed by atoms with Crippen molar-refractivity contribution in [2.24, 2.45) is 0 Å². The molecule has 0 aliphatic heterocycles. The molecular formula is C30H35Cl2N3O4S. The average Bonchev–Trinajstić information content (AvgIpc) is 2.86. The lowest BCUT2D eigenvalue weighted by atomic mass is 10.1. The maximum Gasteiger partial charge on any atom is 0.264 e. The monoisotopic (exact) mass is 603 g/mol. The molecule has 3 aromatic carbocycles. The first-order chi connectivity index (χ1) is 18.6. The Balaban J connectivity index is 2.05. The van der Waals surface area contributed by atoms with Gasteiger partial charge in [-0.25, -0.2) is 8.42 Å². The van der Waals surface area contributed by atoms with Crippen molar-refractivity contribution in [3.8, 4) is 0 Å². The molecule has 40 heavy (non-hydrogen) atoms. The molecule has 3 aromatic rings. The van der Waals surface area contributed by atoms with Crippen LogP contribution in [0.15, 0.2) is 71.6 Å². The number of hydrogen-bond acceptors (Lipinski definition) is 4. The van der Waals surface area contributed by atoms with Gasteiger partial charge in [-0.15, -0.1) is 0 Å². The van der Waals surface area contributed by atoms with Crippen molar-refractivity contribution in [1.82, 2.24) is 10.2 Å². The van der Waals surface area contributed by atoms with E-state index in [4.69, 9.17) is 23.2 Å². The standard InChI is InChI=1S/C30H35Cl2N3O4S/c1-20-7-13-25(14-8-20)35(40(38,39)26-15-9-21(2)10-16-26)19-28(36)34(22(3)29(37)33-30(4,5)6)18-23-11-12-24(31)17-27(23)32/h7-17,22H,18-19H2,1-6H3,(H,33,37)/t22-/m1/s1. The van der Waals surface area contributed by atoms with Gasteiger partial charge in [-0.05, 0) is 83.5 Å². The second kappa shape index (κ2) is 12.6. The van der Waals surface area contributed by atoms with Crippen molar-refractivity contribution in [3.63, 3.8) is 0 Å². The molecule has 1 atom stereocenters. The summed E-state index contributed by atoms with van der Waals surface area (Å²) in [5, 5.41) is 3.66. The van der Waals surface area contributed by atoms with Crippen LogP contribution < -0.4 is 9.62 Å². The maximum absolute atomic E-state index is 14.0. The van der Waals surface area contributed by atoms with Gasteiger partial charge in [0, 0.05) is 22.1 Å². The van der Waals surface area contributed by atoms with Crippen LogP contribution in [0.3, 0.4) is 0 Å². The number of benzene rings is 3. The Morgan fingerprint density at radius 2 is 1.45 bits per heavy atom. The van der Waals surface area contributed by atoms with Crippen LogP contribution in [0.5, 0.6) is 0 Å². The highest BCUT2D eigenvalue weighted by Gasteiger charge is 2.33. The predicted molar refractivity (Wildman–Crippen MR) is 161 cm³/mol. The highest BCUT2D eigenvalue weighted by molar-refractivity contribution is 7.92. The van der Waals surface area contributed by atoms with Crippen molar-refractivity contribution in [1.29, 1.82) is 0 Å². The Kier molecular flexibility index (Phi) is 9.93. The van der Waals surface area contributed by atoms with Crippen molar-refractivity contribution < 1.29 is 18.0 Å². The zero-order valence-electron chi connectivity index (χ0n) is 23.5. The Morgan fingerprint density at radius 1 is 0.900 bits per heavy atom. The number of carbonyl (C=O) groups is 2. The molecule has 10 heteroatoms. The second-order valence-electron chi connectivity index (χ2n) is 10.8. The minimum atomic E-state index is -4.13. The molecule has 0 radical (unpaired) electrons. The van der Waals surface area contributed by atoms with Gasteiger partial charge in [0.25, 0.3) is 10.0 Å². The predicted octanol–water partition coefficient (Wildman–Crippen LogP) is 6.14. The Morgan fingerprint density at radius 3 is 1.98 bits per heavy atom. The number of halogens is 2. The third-order valence-corrected chi connectivity index (χ3v) is 8.61. The van der Waals surface area contributed by atoms with E-state index in [1.54, 1.807) is 61.5 Å². The first-order valence-electron chi connectivity index (χ1n) is 12.8. The van der Waals surface area contributed by atoms with Crippen LogP contribution in [0.2, 0.25) is 10.0 Å². The molecule has 3 rings (SSSR count). The lowest BCUT2D eigenvalue weighted by Crippen LogP contribution is -2.54. The molecule has 0 spiro atoms. The Bertz CT molecular complexity index is 1470. The molecule has 0 saturated heterocycles. The fourth-order valence-electron chi connectivity index (χ4n) is 3.97. The van der Waals surface area contributed by atoms with E-state index in [2.05, 4.69) is 5.32 Å². The summed E-state index contributed by atoms with van der Waals surface area (Å²) in [6.07, 6.45) is 0. The summed E-state index contributed by atoms with van der Waals surface area (Å²) in [5.74, 6) is -0.951. The normalized spacial score (nSPS) is 12.5. The molecule has 0 unspecified atom stereocenters. The van der Waals surface area contributed by atoms with Gasteiger partial charge < -0.3 is 10.2 Å². The minimum absolute atomic E-state index is 0.0279. The third kappa shape index (κ3) is 7.99. The number of nitrogens with zero attached hydrogens (tertiary/aromatic N) is 2. The van der Waals surface area contributed by atoms with E-state index in [1.165, 1.54) is 17.0 Å². The SMILES string of the molecule is Cc1ccc(N(CC(=O)N(Cc2ccc(Cl)cc2Cl)[C@H](C)C(=O)NC(C)(C)C)S(=O)(=O)c2ccc(C)cc2)cc1. The maximum atomic E-state index is 14.0.